The molecule has 2 aliphatic heterocycles. The summed E-state index contributed by atoms with van der Waals surface area (Å²) in [5, 5.41) is 4.26. The van der Waals surface area contributed by atoms with Crippen LogP contribution >= 0.6 is 23.2 Å². The molecule has 1 saturated heterocycles. The molecule has 0 saturated carbocycles. The fraction of sp³-hybridized carbons (Fsp3) is 0.310. The van der Waals surface area contributed by atoms with Crippen LogP contribution in [0.1, 0.15) is 29.5 Å². The van der Waals surface area contributed by atoms with Crippen molar-refractivity contribution >= 4 is 41.0 Å². The second-order valence-electron chi connectivity index (χ2n) is 9.95. The van der Waals surface area contributed by atoms with Gasteiger partial charge in [-0.15, -0.1) is 13.2 Å². The highest BCUT2D eigenvalue weighted by molar-refractivity contribution is 6.30. The molecule has 1 fully saturated rings. The van der Waals surface area contributed by atoms with Gasteiger partial charge < -0.3 is 15.0 Å². The Morgan fingerprint density at radius 3 is 2.55 bits per heavy atom. The van der Waals surface area contributed by atoms with Crippen LogP contribution in [-0.4, -0.2) is 48.5 Å². The number of amides is 2. The van der Waals surface area contributed by atoms with Crippen molar-refractivity contribution in [2.24, 2.45) is 0 Å². The molecule has 3 heterocycles. The van der Waals surface area contributed by atoms with Gasteiger partial charge in [0.05, 0.1) is 0 Å². The van der Waals surface area contributed by atoms with Gasteiger partial charge in [-0.2, -0.15) is 0 Å². The summed E-state index contributed by atoms with van der Waals surface area (Å²) in [6.07, 6.45) is 1.96. The summed E-state index contributed by atoms with van der Waals surface area (Å²) < 4.78 is 43.2. The highest BCUT2D eigenvalue weighted by Crippen LogP contribution is 2.48. The number of nitrogens with one attached hydrogen (secondary N) is 1. The molecule has 1 spiro atoms. The number of fused-ring (bicyclic) bond motifs is 2. The smallest absolute Gasteiger partial charge is 0.406 e. The van der Waals surface area contributed by atoms with E-state index in [0.29, 0.717) is 53.9 Å². The van der Waals surface area contributed by atoms with Crippen molar-refractivity contribution in [2.75, 3.05) is 31.1 Å². The maximum Gasteiger partial charge on any atom is 0.573 e. The number of nitrogens with zero attached hydrogens (tertiary/aromatic N) is 3. The first-order chi connectivity index (χ1) is 19.1. The van der Waals surface area contributed by atoms with Crippen molar-refractivity contribution in [3.05, 3.63) is 93.7 Å². The lowest BCUT2D eigenvalue weighted by Crippen LogP contribution is -2.47. The lowest BCUT2D eigenvalue weighted by Gasteiger charge is -2.35. The van der Waals surface area contributed by atoms with Gasteiger partial charge in [0.15, 0.2) is 0 Å². The number of aromatic nitrogens is 1. The van der Waals surface area contributed by atoms with Gasteiger partial charge in [0.2, 0.25) is 0 Å². The molecule has 0 atom stereocenters. The van der Waals surface area contributed by atoms with Crippen molar-refractivity contribution < 1.29 is 22.7 Å². The Bertz CT molecular complexity index is 1390. The van der Waals surface area contributed by atoms with E-state index in [-0.39, 0.29) is 24.9 Å². The monoisotopic (exact) mass is 590 g/mol. The molecular weight excluding hydrogens is 564 g/mol. The number of carbonyl (C=O) groups is 1. The number of ether oxygens (including phenoxy) is 1. The van der Waals surface area contributed by atoms with Crippen LogP contribution in [0.5, 0.6) is 5.75 Å². The number of alkyl halides is 3. The second kappa shape index (κ2) is 11.7. The van der Waals surface area contributed by atoms with Gasteiger partial charge in [-0.25, -0.2) is 9.78 Å². The molecule has 11 heteroatoms. The molecule has 0 aliphatic carbocycles. The predicted molar refractivity (Wildman–Crippen MR) is 150 cm³/mol. The molecule has 2 aliphatic rings. The lowest BCUT2D eigenvalue weighted by molar-refractivity contribution is -0.274. The van der Waals surface area contributed by atoms with Gasteiger partial charge in [0, 0.05) is 42.0 Å². The van der Waals surface area contributed by atoms with Gasteiger partial charge >= 0.3 is 12.4 Å². The van der Waals surface area contributed by atoms with Crippen LogP contribution in [0.4, 0.5) is 23.7 Å². The molecule has 6 nitrogen and oxygen atoms in total. The lowest BCUT2D eigenvalue weighted by atomic mass is 9.75. The molecule has 0 unspecified atom stereocenters. The van der Waals surface area contributed by atoms with Crippen LogP contribution < -0.4 is 15.0 Å². The van der Waals surface area contributed by atoms with Crippen molar-refractivity contribution in [3.63, 3.8) is 0 Å². The number of urea groups is 1. The van der Waals surface area contributed by atoms with E-state index in [1.165, 1.54) is 12.1 Å². The van der Waals surface area contributed by atoms with Crippen LogP contribution in [0.3, 0.4) is 0 Å². The highest BCUT2D eigenvalue weighted by Gasteiger charge is 2.46. The van der Waals surface area contributed by atoms with Crippen LogP contribution in [0.2, 0.25) is 10.2 Å². The first kappa shape index (κ1) is 28.3. The zero-order valence-corrected chi connectivity index (χ0v) is 22.9. The van der Waals surface area contributed by atoms with E-state index in [9.17, 15) is 18.0 Å². The van der Waals surface area contributed by atoms with Crippen LogP contribution in [0.15, 0.2) is 66.9 Å². The van der Waals surface area contributed by atoms with E-state index in [4.69, 9.17) is 23.2 Å². The number of anilines is 1. The maximum atomic E-state index is 14.1. The minimum Gasteiger partial charge on any atom is -0.406 e. The van der Waals surface area contributed by atoms with E-state index in [0.717, 1.165) is 11.1 Å². The van der Waals surface area contributed by atoms with Gasteiger partial charge in [0.1, 0.15) is 10.9 Å². The molecule has 0 bridgehead atoms. The highest BCUT2D eigenvalue weighted by atomic mass is 35.5. The Morgan fingerprint density at radius 1 is 1.10 bits per heavy atom. The number of rotatable bonds is 6. The van der Waals surface area contributed by atoms with E-state index < -0.39 is 11.8 Å². The van der Waals surface area contributed by atoms with Crippen LogP contribution in [-0.2, 0) is 12.0 Å². The van der Waals surface area contributed by atoms with E-state index in [1.54, 1.807) is 46.3 Å². The standard InChI is InChI=1S/C29H27Cl2F3N4O2/c30-22-5-3-20(4-6-22)2-1-15-37(18-21-9-12-36-26(31)16-21)27(39)38-19-28(10-13-35-14-11-28)24-17-23(7-8-25(24)38)40-29(32,33)34/h1-9,12,16-17,35H,10-11,13-15,18-19H2. The zero-order valence-electron chi connectivity index (χ0n) is 21.4. The third-order valence-corrected chi connectivity index (χ3v) is 7.72. The number of pyridine rings is 1. The first-order valence-corrected chi connectivity index (χ1v) is 13.6. The third-order valence-electron chi connectivity index (χ3n) is 7.26. The average Bonchev–Trinajstić information content (AvgIpc) is 3.21. The fourth-order valence-electron chi connectivity index (χ4n) is 5.38. The number of piperidine rings is 1. The molecule has 2 aromatic carbocycles. The maximum absolute atomic E-state index is 14.1. The van der Waals surface area contributed by atoms with Gasteiger partial charge in [0.25, 0.3) is 0 Å². The average molecular weight is 591 g/mol. The van der Waals surface area contributed by atoms with Crippen molar-refractivity contribution in [1.82, 2.24) is 15.2 Å². The van der Waals surface area contributed by atoms with Crippen LogP contribution in [0, 0.1) is 0 Å². The van der Waals surface area contributed by atoms with Gasteiger partial charge in [-0.05, 0) is 85.1 Å². The minimum atomic E-state index is -4.80. The predicted octanol–water partition coefficient (Wildman–Crippen LogP) is 7.06. The number of hydrogen-bond acceptors (Lipinski definition) is 4. The summed E-state index contributed by atoms with van der Waals surface area (Å²) in [4.78, 5) is 21.5. The Morgan fingerprint density at radius 2 is 1.85 bits per heavy atom. The number of hydrogen-bond donors (Lipinski definition) is 1. The van der Waals surface area contributed by atoms with Crippen molar-refractivity contribution in [3.8, 4) is 5.75 Å². The Balaban J connectivity index is 1.46. The molecular formula is C29H27Cl2F3N4O2. The summed E-state index contributed by atoms with van der Waals surface area (Å²) in [6, 6.07) is 14.8. The Labute approximate surface area is 240 Å². The summed E-state index contributed by atoms with van der Waals surface area (Å²) in [6.45, 7) is 2.33. The second-order valence-corrected chi connectivity index (χ2v) is 10.8. The molecule has 1 N–H and O–H groups in total. The Kier molecular flexibility index (Phi) is 8.26. The summed E-state index contributed by atoms with van der Waals surface area (Å²) in [5.41, 5.74) is 2.57. The van der Waals surface area contributed by atoms with E-state index in [1.807, 2.05) is 24.3 Å². The van der Waals surface area contributed by atoms with Gasteiger partial charge in [-0.1, -0.05) is 47.5 Å². The third kappa shape index (κ3) is 6.54. The summed E-state index contributed by atoms with van der Waals surface area (Å²) in [5.74, 6) is -0.285. The molecule has 2 amide bonds. The zero-order chi connectivity index (χ0) is 28.3. The van der Waals surface area contributed by atoms with Crippen molar-refractivity contribution in [2.45, 2.75) is 31.2 Å². The van der Waals surface area contributed by atoms with Crippen molar-refractivity contribution in [1.29, 1.82) is 0 Å². The van der Waals surface area contributed by atoms with E-state index >= 15 is 0 Å². The number of benzene rings is 2. The number of halogens is 5. The topological polar surface area (TPSA) is 57.7 Å². The quantitative estimate of drug-likeness (QED) is 0.312. The SMILES string of the molecule is O=C(N(CC=Cc1ccc(Cl)cc1)Cc1ccnc(Cl)c1)N1CC2(CCNCC2)c2cc(OC(F)(F)F)ccc21. The molecule has 5 rings (SSSR count). The normalized spacial score (nSPS) is 16.4. The Hall–Kier alpha value is -3.27. The largest absolute Gasteiger partial charge is 0.573 e. The van der Waals surface area contributed by atoms with E-state index in [2.05, 4.69) is 15.0 Å². The molecule has 210 valence electrons. The molecule has 3 aromatic rings. The number of carbonyl (C=O) groups excluding carboxylic acids is 1. The first-order valence-electron chi connectivity index (χ1n) is 12.8. The van der Waals surface area contributed by atoms with Gasteiger partial charge in [-0.3, -0.25) is 4.90 Å². The van der Waals surface area contributed by atoms with Crippen LogP contribution in [0.25, 0.3) is 6.08 Å². The minimum absolute atomic E-state index is 0.255. The fourth-order valence-corrected chi connectivity index (χ4v) is 5.70. The molecule has 1 aromatic heterocycles. The molecule has 0 radical (unpaired) electrons. The summed E-state index contributed by atoms with van der Waals surface area (Å²) in [7, 11) is 0. The summed E-state index contributed by atoms with van der Waals surface area (Å²) >= 11 is 12.1. The molecule has 40 heavy (non-hydrogen) atoms.